The number of amides is 3. The molecule has 702 valence electrons. The molecule has 3 spiro atoms. The van der Waals surface area contributed by atoms with Gasteiger partial charge in [0, 0.05) is 132 Å². The average molecular weight is 1950 g/mol. The molecule has 19 rings (SSSR count). The summed E-state index contributed by atoms with van der Waals surface area (Å²) in [5.74, 6) is -1.76. The Morgan fingerprint density at radius 2 is 0.905 bits per heavy atom. The zero-order chi connectivity index (χ0) is 96.0. The first kappa shape index (κ1) is 106. The number of pyridine rings is 5. The number of Topliss-reactive ketones (excluding diaryl/α,β-unsaturated/α-hetero) is 1. The van der Waals surface area contributed by atoms with Crippen LogP contribution in [0, 0.1) is 0 Å². The van der Waals surface area contributed by atoms with Crippen molar-refractivity contribution in [2.45, 2.75) is 158 Å². The number of carbonyl (C=O) groups is 6. The molecule has 13 aromatic rings. The number of ketones is 1. The van der Waals surface area contributed by atoms with Crippen molar-refractivity contribution in [3.05, 3.63) is 281 Å². The van der Waals surface area contributed by atoms with Crippen LogP contribution in [0.5, 0.6) is 0 Å². The van der Waals surface area contributed by atoms with Gasteiger partial charge in [0.25, 0.3) is 6.47 Å². The molecule has 9 N–H and O–H groups in total. The van der Waals surface area contributed by atoms with E-state index in [0.717, 1.165) is 100 Å². The summed E-state index contributed by atoms with van der Waals surface area (Å²) < 4.78 is 51.1. The Bertz CT molecular complexity index is 6280. The molecule has 7 aromatic heterocycles. The van der Waals surface area contributed by atoms with Crippen molar-refractivity contribution in [3.8, 4) is 56.0 Å². The molecule has 137 heavy (non-hydrogen) atoms. The second kappa shape index (κ2) is 46.0. The van der Waals surface area contributed by atoms with Gasteiger partial charge in [0.15, 0.2) is 29.4 Å². The van der Waals surface area contributed by atoms with Crippen molar-refractivity contribution in [3.63, 3.8) is 0 Å². The van der Waals surface area contributed by atoms with E-state index < -0.39 is 76.2 Å². The van der Waals surface area contributed by atoms with Crippen LogP contribution >= 0.6 is 23.2 Å². The standard InChI is InChI=1S/C31H30ClN3O4.C29H25N5O2.C25H29NO5.C11H13ClN2O3.C3H5BN2O2.CH2O3.2K.H/c1-29(2,3)39-28(36)35-30(18-31(19-30)37-15-16-38-31)22-11-9-21(10-12-22)26-23(20-7-5-4-6-8-20)17-24-25(34-26)13-14-33-27(24)32;30-28(17-29(18-28)35-12-13-36-29)22-8-6-20(7-9-22)27-23(19-4-2-1-3-5-19)14-24-25(34-27)10-11-31-26(24)21-15-32-33-16-21;1-23(2,3)31-22(28)26-24(16-25(17-24)29-13-14-30-25)20-11-9-19(10-12-20)21(27)15-18-7-5-4-6-8-18;1-11(2,3)17-10(16)14-8-4-5-13-9(12)7(8)6-15;7-4(8)3-1-5-6-2-3;2-1-4-3;;;/h4-14,17H,15-16,18-19H2,1-3H3,(H,35,36);1-11,14-16H,12-13,17-18,30H2,(H,32,33);4-12H,13-17H2,1-3H3,(H,26,28);4-6H,1-3H3,(H,13,14,16);1-2,7-8H,(H,5,6);1,3H;;;/q;;;;;;2*+1;-1/p-1. The molecule has 0 atom stereocenters. The molecule has 3 amide bonds. The van der Waals surface area contributed by atoms with Gasteiger partial charge in [-0.2, -0.15) is 10.2 Å². The Morgan fingerprint density at radius 1 is 0.496 bits per heavy atom. The van der Waals surface area contributed by atoms with Crippen LogP contribution in [0.25, 0.3) is 77.8 Å². The van der Waals surface area contributed by atoms with Crippen LogP contribution in [0.4, 0.5) is 20.1 Å². The summed E-state index contributed by atoms with van der Waals surface area (Å²) in [5.41, 5.74) is 19.8. The summed E-state index contributed by atoms with van der Waals surface area (Å²) in [6.45, 7) is 19.6. The molecule has 3 aliphatic heterocycles. The number of anilines is 1. The minimum absolute atomic E-state index is 0. The Morgan fingerprint density at radius 3 is 1.34 bits per heavy atom. The Labute approximate surface area is 888 Å². The molecule has 0 bridgehead atoms. The first-order valence-electron chi connectivity index (χ1n) is 43.6. The van der Waals surface area contributed by atoms with Gasteiger partial charge in [0.1, 0.15) is 27.1 Å². The van der Waals surface area contributed by atoms with Gasteiger partial charge in [0.05, 0.1) is 102 Å². The smallest absolute Gasteiger partial charge is 1.00 e. The van der Waals surface area contributed by atoms with Crippen molar-refractivity contribution < 1.29 is 196 Å². The number of nitrogens with two attached hydrogens (primary N) is 1. The van der Waals surface area contributed by atoms with E-state index in [9.17, 15) is 24.0 Å². The topological polar surface area (TPSA) is 442 Å². The monoisotopic (exact) mass is 1950 g/mol. The largest absolute Gasteiger partial charge is 1.00 e. The van der Waals surface area contributed by atoms with E-state index in [1.165, 1.54) is 24.7 Å². The first-order chi connectivity index (χ1) is 64.5. The summed E-state index contributed by atoms with van der Waals surface area (Å²) in [6.07, 6.45) is 13.9. The van der Waals surface area contributed by atoms with Gasteiger partial charge in [-0.3, -0.25) is 34.9 Å². The normalized spacial score (nSPS) is 17.5. The second-order valence-electron chi connectivity index (χ2n) is 36.1. The van der Waals surface area contributed by atoms with Gasteiger partial charge in [-0.15, -0.1) is 0 Å². The fraction of sp³-hybridized carbons (Fsp3) is 0.310. The van der Waals surface area contributed by atoms with E-state index in [0.29, 0.717) is 107 Å². The summed E-state index contributed by atoms with van der Waals surface area (Å²) >= 11 is 12.1. The van der Waals surface area contributed by atoms with E-state index in [4.69, 9.17) is 102 Å². The number of carbonyl (C=O) groups excluding carboxylic acids is 6. The molecule has 0 unspecified atom stereocenters. The summed E-state index contributed by atoms with van der Waals surface area (Å²) in [4.78, 5) is 94.3. The van der Waals surface area contributed by atoms with Crippen molar-refractivity contribution >= 4 is 100 Å². The van der Waals surface area contributed by atoms with Crippen LogP contribution in [0.3, 0.4) is 0 Å². The zero-order valence-corrected chi connectivity index (χ0v) is 85.5. The van der Waals surface area contributed by atoms with E-state index in [1.54, 1.807) is 39.4 Å². The molecule has 3 aliphatic carbocycles. The molecule has 6 fully saturated rings. The van der Waals surface area contributed by atoms with Crippen LogP contribution in [0.1, 0.15) is 145 Å². The number of ether oxygens (including phenoxy) is 9. The third-order valence-electron chi connectivity index (χ3n) is 22.7. The van der Waals surface area contributed by atoms with Gasteiger partial charge < -0.3 is 80.6 Å². The quantitative estimate of drug-likeness (QED) is 0.00799. The fourth-order valence-electron chi connectivity index (χ4n) is 16.8. The predicted octanol–water partition coefficient (Wildman–Crippen LogP) is 9.83. The minimum Gasteiger partial charge on any atom is -1.00 e. The van der Waals surface area contributed by atoms with Crippen LogP contribution in [0.2, 0.25) is 10.3 Å². The maximum absolute atomic E-state index is 12.8. The Hall–Kier alpha value is -9.85. The molecule has 6 aliphatic rings. The number of hydrogen-bond donors (Lipinski definition) is 8. The van der Waals surface area contributed by atoms with E-state index >= 15 is 0 Å². The molecule has 3 saturated carbocycles. The van der Waals surface area contributed by atoms with Gasteiger partial charge in [-0.1, -0.05) is 187 Å². The molecule has 37 heteroatoms. The van der Waals surface area contributed by atoms with E-state index in [-0.39, 0.29) is 133 Å². The predicted molar refractivity (Wildman–Crippen MR) is 505 cm³/mol. The molecule has 32 nitrogen and oxygen atoms in total. The number of nitrogens with zero attached hydrogens (tertiary/aromatic N) is 7. The van der Waals surface area contributed by atoms with Crippen LogP contribution in [-0.2, 0) is 75.4 Å². The van der Waals surface area contributed by atoms with E-state index in [2.05, 4.69) is 111 Å². The number of alkyl carbamates (subject to hydrolysis) is 2. The first-order valence-corrected chi connectivity index (χ1v) is 44.3. The fourth-order valence-corrected chi connectivity index (χ4v) is 17.2. The maximum Gasteiger partial charge on any atom is 1.00 e. The van der Waals surface area contributed by atoms with Crippen LogP contribution in [-0.4, -0.2) is 173 Å². The third-order valence-corrected chi connectivity index (χ3v) is 23.3. The summed E-state index contributed by atoms with van der Waals surface area (Å²) in [6, 6.07) is 63.7. The minimum atomic E-state index is -1.41. The number of hydrogen-bond acceptors (Lipinski definition) is 27. The van der Waals surface area contributed by atoms with E-state index in [1.807, 2.05) is 181 Å². The Balaban J connectivity index is 0.000000172. The zero-order valence-electron chi connectivity index (χ0n) is 78.7. The SMILES string of the molecule is CC(C)(C)OC(=O)NC1(c2ccc(-c3nc4ccnc(Cl)c4cc3-c3ccccc3)cc2)CC2(C1)OCCO2.CC(C)(C)OC(=O)NC1(c2ccc(C(=O)Cc3ccccc3)cc2)CC2(C1)OCCO2.CC(C)(C)OC(=O)Nc1ccnc(Cl)c1C=O.NC1(c2ccc(-c3nc4ccnc(-c5cn[nH]c5)c4cc3-c3ccccc3)cc2)CC2(C1)OCCO2.O=CO[O-].OB(O)c1cn[nH]c1.[H-].[K+].[K+]. The number of benzene rings is 6. The third kappa shape index (κ3) is 26.8. The second-order valence-corrected chi connectivity index (χ2v) is 36.8. The van der Waals surface area contributed by atoms with Crippen LogP contribution < -0.4 is 135 Å². The molecular formula is C100H104BCl2K2N13O19. The van der Waals surface area contributed by atoms with Gasteiger partial charge >= 0.3 is 128 Å². The van der Waals surface area contributed by atoms with Crippen molar-refractivity contribution in [1.82, 2.24) is 55.9 Å². The maximum atomic E-state index is 12.8. The number of aldehydes is 1. The molecule has 6 aromatic carbocycles. The number of nitrogens with one attached hydrogen (secondary N) is 5. The van der Waals surface area contributed by atoms with Gasteiger partial charge in [-0.05, 0) is 126 Å². The Kier molecular flexibility index (Phi) is 35.6. The number of halogens is 2. The number of H-pyrrole nitrogens is 2. The molecule has 3 saturated heterocycles. The van der Waals surface area contributed by atoms with Gasteiger partial charge in [-0.25, -0.2) is 34.3 Å². The number of fused-ring (bicyclic) bond motifs is 2. The van der Waals surface area contributed by atoms with Crippen molar-refractivity contribution in [1.29, 1.82) is 0 Å². The average Bonchev–Trinajstić information content (AvgIpc) is 0.816. The van der Waals surface area contributed by atoms with Gasteiger partial charge in [0.2, 0.25) is 0 Å². The molecule has 0 radical (unpaired) electrons. The summed E-state index contributed by atoms with van der Waals surface area (Å²) in [5, 5.41) is 49.0. The summed E-state index contributed by atoms with van der Waals surface area (Å²) in [7, 11) is -1.41. The number of aromatic nitrogens is 9. The number of rotatable bonds is 17. The molecular weight excluding hydrogens is 1850 g/mol. The number of aromatic amines is 2. The van der Waals surface area contributed by atoms with Crippen molar-refractivity contribution in [2.75, 3.05) is 45.0 Å². The molecule has 10 heterocycles. The van der Waals surface area contributed by atoms with Crippen molar-refractivity contribution in [2.24, 2.45) is 5.73 Å². The van der Waals surface area contributed by atoms with Crippen LogP contribution in [0.15, 0.2) is 238 Å².